The molecule has 0 aromatic carbocycles. The number of nitrogens with one attached hydrogen (secondary N) is 1. The first kappa shape index (κ1) is 10.2. The molecule has 1 unspecified atom stereocenters. The molecule has 1 saturated heterocycles. The van der Waals surface area contributed by atoms with Gasteiger partial charge in [-0.2, -0.15) is 0 Å². The van der Waals surface area contributed by atoms with Crippen LogP contribution in [0.4, 0.5) is 0 Å². The molecule has 1 fully saturated rings. The summed E-state index contributed by atoms with van der Waals surface area (Å²) >= 11 is 0. The Morgan fingerprint density at radius 3 is 2.46 bits per heavy atom. The monoisotopic (exact) mass is 180 g/mol. The van der Waals surface area contributed by atoms with Crippen LogP contribution < -0.4 is 5.32 Å². The maximum atomic E-state index is 11.4. The smallest absolute Gasteiger partial charge is 0.176 e. The van der Waals surface area contributed by atoms with Crippen molar-refractivity contribution in [3.63, 3.8) is 0 Å². The van der Waals surface area contributed by atoms with Crippen molar-refractivity contribution in [2.45, 2.75) is 6.04 Å². The van der Waals surface area contributed by atoms with Crippen molar-refractivity contribution in [3.05, 3.63) is 25.3 Å². The second-order valence-corrected chi connectivity index (χ2v) is 3.07. The van der Waals surface area contributed by atoms with Crippen molar-refractivity contribution in [3.8, 4) is 0 Å². The maximum absolute atomic E-state index is 11.4. The number of carbonyl (C=O) groups excluding carboxylic acids is 1. The Morgan fingerprint density at radius 1 is 1.38 bits per heavy atom. The lowest BCUT2D eigenvalue weighted by Gasteiger charge is -2.31. The predicted octanol–water partition coefficient (Wildman–Crippen LogP) is 0.201. The van der Waals surface area contributed by atoms with Crippen molar-refractivity contribution in [2.75, 3.05) is 26.2 Å². The fourth-order valence-corrected chi connectivity index (χ4v) is 1.53. The zero-order valence-electron chi connectivity index (χ0n) is 7.83. The van der Waals surface area contributed by atoms with Crippen molar-refractivity contribution in [1.82, 2.24) is 10.2 Å². The zero-order valence-corrected chi connectivity index (χ0v) is 7.83. The van der Waals surface area contributed by atoms with E-state index < -0.39 is 0 Å². The van der Waals surface area contributed by atoms with Crippen LogP contribution >= 0.6 is 0 Å². The van der Waals surface area contributed by atoms with Crippen LogP contribution in [0.3, 0.4) is 0 Å². The lowest BCUT2D eigenvalue weighted by Crippen LogP contribution is -2.50. The molecule has 0 radical (unpaired) electrons. The average molecular weight is 180 g/mol. The van der Waals surface area contributed by atoms with E-state index >= 15 is 0 Å². The van der Waals surface area contributed by atoms with Crippen molar-refractivity contribution < 1.29 is 4.79 Å². The van der Waals surface area contributed by atoms with Gasteiger partial charge in [-0.3, -0.25) is 9.69 Å². The van der Waals surface area contributed by atoms with E-state index in [4.69, 9.17) is 0 Å². The van der Waals surface area contributed by atoms with Crippen LogP contribution in [0.15, 0.2) is 25.3 Å². The Kier molecular flexibility index (Phi) is 3.86. The third-order valence-electron chi connectivity index (χ3n) is 2.26. The Labute approximate surface area is 79.1 Å². The molecule has 0 aromatic heterocycles. The molecular weight excluding hydrogens is 164 g/mol. The fourth-order valence-electron chi connectivity index (χ4n) is 1.53. The summed E-state index contributed by atoms with van der Waals surface area (Å²) in [5, 5.41) is 3.24. The molecule has 3 heteroatoms. The fraction of sp³-hybridized carbons (Fsp3) is 0.500. The van der Waals surface area contributed by atoms with Gasteiger partial charge in [0.15, 0.2) is 5.78 Å². The molecule has 13 heavy (non-hydrogen) atoms. The number of hydrogen-bond acceptors (Lipinski definition) is 3. The normalized spacial score (nSPS) is 20.6. The van der Waals surface area contributed by atoms with E-state index in [0.717, 1.165) is 26.2 Å². The summed E-state index contributed by atoms with van der Waals surface area (Å²) in [5.74, 6) is 0.0388. The summed E-state index contributed by atoms with van der Waals surface area (Å²) in [5.41, 5.74) is 0. The molecular formula is C10H16N2O. The highest BCUT2D eigenvalue weighted by atomic mass is 16.1. The van der Waals surface area contributed by atoms with Gasteiger partial charge in [0.1, 0.15) is 0 Å². The standard InChI is InChI=1S/C10H16N2O/c1-3-9(10(13)4-2)12-7-5-11-6-8-12/h3-4,9,11H,1-2,5-8H2. The van der Waals surface area contributed by atoms with Crippen LogP contribution in [0.5, 0.6) is 0 Å². The van der Waals surface area contributed by atoms with E-state index in [2.05, 4.69) is 23.4 Å². The van der Waals surface area contributed by atoms with Gasteiger partial charge in [-0.15, -0.1) is 6.58 Å². The predicted molar refractivity (Wildman–Crippen MR) is 53.6 cm³/mol. The highest BCUT2D eigenvalue weighted by Crippen LogP contribution is 2.04. The molecule has 0 aromatic rings. The van der Waals surface area contributed by atoms with Gasteiger partial charge in [0.25, 0.3) is 0 Å². The lowest BCUT2D eigenvalue weighted by atomic mass is 10.1. The van der Waals surface area contributed by atoms with Gasteiger partial charge in [-0.1, -0.05) is 12.7 Å². The number of nitrogens with zero attached hydrogens (tertiary/aromatic N) is 1. The van der Waals surface area contributed by atoms with Crippen LogP contribution in [0.25, 0.3) is 0 Å². The van der Waals surface area contributed by atoms with Gasteiger partial charge in [-0.25, -0.2) is 0 Å². The minimum absolute atomic E-state index is 0.0388. The molecule has 0 aliphatic carbocycles. The summed E-state index contributed by atoms with van der Waals surface area (Å²) < 4.78 is 0. The number of carbonyl (C=O) groups is 1. The Balaban J connectivity index is 2.58. The molecule has 1 heterocycles. The zero-order chi connectivity index (χ0) is 9.68. The lowest BCUT2D eigenvalue weighted by molar-refractivity contribution is -0.118. The molecule has 1 atom stereocenters. The first-order chi connectivity index (χ1) is 6.29. The average Bonchev–Trinajstić information content (AvgIpc) is 2.20. The first-order valence-corrected chi connectivity index (χ1v) is 4.53. The maximum Gasteiger partial charge on any atom is 0.176 e. The second kappa shape index (κ2) is 4.94. The molecule has 72 valence electrons. The van der Waals surface area contributed by atoms with Crippen LogP contribution in [-0.2, 0) is 4.79 Å². The highest BCUT2D eigenvalue weighted by molar-refractivity contribution is 5.95. The van der Waals surface area contributed by atoms with E-state index in [1.54, 1.807) is 6.08 Å². The topological polar surface area (TPSA) is 32.3 Å². The van der Waals surface area contributed by atoms with Gasteiger partial charge in [-0.05, 0) is 6.08 Å². The van der Waals surface area contributed by atoms with Gasteiger partial charge in [0.05, 0.1) is 6.04 Å². The summed E-state index contributed by atoms with van der Waals surface area (Å²) in [6, 6.07) is -0.181. The van der Waals surface area contributed by atoms with Crippen molar-refractivity contribution >= 4 is 5.78 Å². The molecule has 0 saturated carbocycles. The van der Waals surface area contributed by atoms with Gasteiger partial charge >= 0.3 is 0 Å². The van der Waals surface area contributed by atoms with Crippen LogP contribution in [0, 0.1) is 0 Å². The summed E-state index contributed by atoms with van der Waals surface area (Å²) in [7, 11) is 0. The molecule has 1 aliphatic rings. The molecule has 1 aliphatic heterocycles. The third kappa shape index (κ3) is 2.50. The van der Waals surface area contributed by atoms with Crippen molar-refractivity contribution in [1.29, 1.82) is 0 Å². The molecule has 1 N–H and O–H groups in total. The van der Waals surface area contributed by atoms with E-state index in [-0.39, 0.29) is 11.8 Å². The Morgan fingerprint density at radius 2 is 2.00 bits per heavy atom. The number of ketones is 1. The molecule has 3 nitrogen and oxygen atoms in total. The van der Waals surface area contributed by atoms with E-state index in [1.165, 1.54) is 6.08 Å². The number of piperazine rings is 1. The van der Waals surface area contributed by atoms with Gasteiger partial charge in [0, 0.05) is 26.2 Å². The molecule has 0 amide bonds. The van der Waals surface area contributed by atoms with E-state index in [0.29, 0.717) is 0 Å². The summed E-state index contributed by atoms with van der Waals surface area (Å²) in [6.45, 7) is 10.8. The largest absolute Gasteiger partial charge is 0.314 e. The van der Waals surface area contributed by atoms with Crippen LogP contribution in [-0.4, -0.2) is 42.9 Å². The highest BCUT2D eigenvalue weighted by Gasteiger charge is 2.21. The minimum Gasteiger partial charge on any atom is -0.314 e. The second-order valence-electron chi connectivity index (χ2n) is 3.07. The van der Waals surface area contributed by atoms with Gasteiger partial charge in [0.2, 0.25) is 0 Å². The van der Waals surface area contributed by atoms with Crippen molar-refractivity contribution in [2.24, 2.45) is 0 Å². The summed E-state index contributed by atoms with van der Waals surface area (Å²) in [4.78, 5) is 13.5. The quantitative estimate of drug-likeness (QED) is 0.495. The third-order valence-corrected chi connectivity index (χ3v) is 2.26. The molecule has 1 rings (SSSR count). The van der Waals surface area contributed by atoms with E-state index in [9.17, 15) is 4.79 Å². The minimum atomic E-state index is -0.181. The van der Waals surface area contributed by atoms with Gasteiger partial charge < -0.3 is 5.32 Å². The Hall–Kier alpha value is -0.930. The molecule has 0 spiro atoms. The van der Waals surface area contributed by atoms with Crippen LogP contribution in [0.2, 0.25) is 0 Å². The Bertz CT molecular complexity index is 207. The summed E-state index contributed by atoms with van der Waals surface area (Å²) in [6.07, 6.45) is 3.06. The molecule has 0 bridgehead atoms. The SMILES string of the molecule is C=CC(=O)C(C=C)N1CCNCC1. The number of rotatable bonds is 4. The number of hydrogen-bond donors (Lipinski definition) is 1. The van der Waals surface area contributed by atoms with E-state index in [1.807, 2.05) is 0 Å². The first-order valence-electron chi connectivity index (χ1n) is 4.53. The van der Waals surface area contributed by atoms with Crippen LogP contribution in [0.1, 0.15) is 0 Å².